The first-order chi connectivity index (χ1) is 9.07. The van der Waals surface area contributed by atoms with Gasteiger partial charge in [-0.25, -0.2) is 0 Å². The summed E-state index contributed by atoms with van der Waals surface area (Å²) < 4.78 is 2.07. The number of benzene rings is 2. The van der Waals surface area contributed by atoms with Gasteiger partial charge in [0.25, 0.3) is 0 Å². The maximum Gasteiger partial charge on any atom is 0.179 e. The molecule has 0 saturated carbocycles. The first-order valence-corrected chi connectivity index (χ1v) is 9.84. The van der Waals surface area contributed by atoms with E-state index < -0.39 is 8.24 Å². The van der Waals surface area contributed by atoms with Crippen molar-refractivity contribution in [3.8, 4) is 0 Å². The van der Waals surface area contributed by atoms with Gasteiger partial charge in [-0.15, -0.1) is 5.11 Å². The molecule has 0 radical (unpaired) electrons. The lowest BCUT2D eigenvalue weighted by molar-refractivity contribution is 0.999. The van der Waals surface area contributed by atoms with Crippen LogP contribution < -0.4 is 4.67 Å². The molecule has 4 heteroatoms. The molecule has 98 valence electrons. The Morgan fingerprint density at radius 3 is 1.84 bits per heavy atom. The van der Waals surface area contributed by atoms with Gasteiger partial charge in [0, 0.05) is 0 Å². The van der Waals surface area contributed by atoms with E-state index in [0.717, 1.165) is 11.4 Å². The van der Waals surface area contributed by atoms with E-state index in [4.69, 9.17) is 0 Å². The molecule has 0 fully saturated rings. The van der Waals surface area contributed by atoms with Crippen LogP contribution in [0, 0.1) is 0 Å². The molecule has 0 N–H and O–H groups in total. The van der Waals surface area contributed by atoms with Crippen LogP contribution in [0.25, 0.3) is 0 Å². The Morgan fingerprint density at radius 1 is 0.789 bits per heavy atom. The van der Waals surface area contributed by atoms with E-state index in [9.17, 15) is 0 Å². The summed E-state index contributed by atoms with van der Waals surface area (Å²) in [5.41, 5.74) is 1.98. The van der Waals surface area contributed by atoms with Gasteiger partial charge < -0.3 is 0 Å². The van der Waals surface area contributed by atoms with Gasteiger partial charge in [-0.3, -0.25) is 4.67 Å². The number of anilines is 1. The van der Waals surface area contributed by atoms with Crippen LogP contribution in [0.5, 0.6) is 0 Å². The minimum Gasteiger partial charge on any atom is -0.277 e. The molecule has 0 spiro atoms. The van der Waals surface area contributed by atoms with Gasteiger partial charge in [0.1, 0.15) is 0 Å². The zero-order chi connectivity index (χ0) is 13.7. The third kappa shape index (κ3) is 3.76. The molecule has 0 aromatic heterocycles. The third-order valence-corrected chi connectivity index (χ3v) is 4.26. The molecule has 3 nitrogen and oxygen atoms in total. The number of para-hydroxylation sites is 1. The van der Waals surface area contributed by atoms with Crippen molar-refractivity contribution in [2.24, 2.45) is 10.3 Å². The van der Waals surface area contributed by atoms with Gasteiger partial charge in [-0.1, -0.05) is 41.6 Å². The summed E-state index contributed by atoms with van der Waals surface area (Å²) in [5, 5.41) is 8.79. The van der Waals surface area contributed by atoms with Gasteiger partial charge in [-0.2, -0.15) is 0 Å². The lowest BCUT2D eigenvalue weighted by Crippen LogP contribution is -2.42. The molecular weight excluding hydrogens is 250 g/mol. The highest BCUT2D eigenvalue weighted by molar-refractivity contribution is 6.79. The molecular formula is C15H19N3Si. The molecule has 0 heterocycles. The van der Waals surface area contributed by atoms with E-state index in [1.165, 1.54) is 0 Å². The highest BCUT2D eigenvalue weighted by atomic mass is 28.3. The van der Waals surface area contributed by atoms with Crippen molar-refractivity contribution in [1.29, 1.82) is 0 Å². The predicted molar refractivity (Wildman–Crippen MR) is 83.2 cm³/mol. The van der Waals surface area contributed by atoms with E-state index in [1.54, 1.807) is 0 Å². The van der Waals surface area contributed by atoms with Gasteiger partial charge in [-0.05, 0) is 43.9 Å². The summed E-state index contributed by atoms with van der Waals surface area (Å²) in [7, 11) is -1.61. The Kier molecular flexibility index (Phi) is 4.12. The molecule has 2 aromatic rings. The second kappa shape index (κ2) is 5.80. The Labute approximate surface area is 115 Å². The number of hydrogen-bond acceptors (Lipinski definition) is 2. The quantitative estimate of drug-likeness (QED) is 0.435. The largest absolute Gasteiger partial charge is 0.277 e. The van der Waals surface area contributed by atoms with Crippen molar-refractivity contribution >= 4 is 19.6 Å². The summed E-state index contributed by atoms with van der Waals surface area (Å²) in [6.07, 6.45) is 0. The Hall–Kier alpha value is -1.94. The van der Waals surface area contributed by atoms with Crippen molar-refractivity contribution in [2.75, 3.05) is 4.67 Å². The Morgan fingerprint density at radius 2 is 1.32 bits per heavy atom. The van der Waals surface area contributed by atoms with Crippen LogP contribution >= 0.6 is 0 Å². The normalized spacial score (nSPS) is 11.7. The van der Waals surface area contributed by atoms with Crippen molar-refractivity contribution in [3.63, 3.8) is 0 Å². The average Bonchev–Trinajstić information content (AvgIpc) is 2.40. The van der Waals surface area contributed by atoms with E-state index in [0.29, 0.717) is 0 Å². The molecule has 0 aliphatic carbocycles. The standard InChI is InChI=1S/C15H19N3Si/c1-19(2,3)18(15-12-8-5-9-13-15)17-16-14-10-6-4-7-11-14/h4-13H,1-3H3. The maximum atomic E-state index is 4.46. The van der Waals surface area contributed by atoms with E-state index in [-0.39, 0.29) is 0 Å². The molecule has 0 aliphatic rings. The first-order valence-electron chi connectivity index (χ1n) is 6.39. The fourth-order valence-corrected chi connectivity index (χ4v) is 2.97. The highest BCUT2D eigenvalue weighted by Gasteiger charge is 2.24. The summed E-state index contributed by atoms with van der Waals surface area (Å²) >= 11 is 0. The molecule has 2 aromatic carbocycles. The molecule has 0 atom stereocenters. The first kappa shape index (κ1) is 13.5. The molecule has 0 saturated heterocycles. The lowest BCUT2D eigenvalue weighted by Gasteiger charge is -2.29. The zero-order valence-corrected chi connectivity index (χ0v) is 12.6. The van der Waals surface area contributed by atoms with E-state index in [1.807, 2.05) is 48.5 Å². The fourth-order valence-electron chi connectivity index (χ4n) is 1.73. The highest BCUT2D eigenvalue weighted by Crippen LogP contribution is 2.23. The second-order valence-electron chi connectivity index (χ2n) is 5.34. The van der Waals surface area contributed by atoms with Crippen molar-refractivity contribution in [3.05, 3.63) is 60.7 Å². The minimum absolute atomic E-state index is 0.877. The number of hydrogen-bond donors (Lipinski definition) is 0. The van der Waals surface area contributed by atoms with Crippen LogP contribution in [0.3, 0.4) is 0 Å². The van der Waals surface area contributed by atoms with Crippen LogP contribution in [0.15, 0.2) is 71.0 Å². The number of rotatable bonds is 4. The number of nitrogens with zero attached hydrogens (tertiary/aromatic N) is 3. The second-order valence-corrected chi connectivity index (χ2v) is 10.1. The topological polar surface area (TPSA) is 28.0 Å². The maximum absolute atomic E-state index is 4.46. The molecule has 19 heavy (non-hydrogen) atoms. The molecule has 0 unspecified atom stereocenters. The third-order valence-electron chi connectivity index (χ3n) is 2.64. The minimum atomic E-state index is -1.61. The molecule has 0 bridgehead atoms. The molecule has 0 aliphatic heterocycles. The SMILES string of the molecule is C[Si](C)(C)N(N=Nc1ccccc1)c1ccccc1. The Balaban J connectivity index is 2.28. The molecule has 0 amide bonds. The van der Waals surface area contributed by atoms with Gasteiger partial charge in [0.2, 0.25) is 0 Å². The van der Waals surface area contributed by atoms with Crippen LogP contribution in [0.4, 0.5) is 11.4 Å². The van der Waals surface area contributed by atoms with Crippen molar-refractivity contribution in [2.45, 2.75) is 19.6 Å². The lowest BCUT2D eigenvalue weighted by atomic mass is 10.3. The van der Waals surface area contributed by atoms with E-state index in [2.05, 4.69) is 46.8 Å². The van der Waals surface area contributed by atoms with Crippen LogP contribution in [-0.4, -0.2) is 8.24 Å². The van der Waals surface area contributed by atoms with Gasteiger partial charge >= 0.3 is 0 Å². The summed E-state index contributed by atoms with van der Waals surface area (Å²) in [4.78, 5) is 0. The fraction of sp³-hybridized carbons (Fsp3) is 0.200. The van der Waals surface area contributed by atoms with Crippen molar-refractivity contribution < 1.29 is 0 Å². The molecule has 2 rings (SSSR count). The van der Waals surface area contributed by atoms with Gasteiger partial charge in [0.05, 0.1) is 11.4 Å². The average molecular weight is 269 g/mol. The zero-order valence-electron chi connectivity index (χ0n) is 11.6. The summed E-state index contributed by atoms with van der Waals surface area (Å²) in [6, 6.07) is 20.0. The Bertz CT molecular complexity index is 532. The van der Waals surface area contributed by atoms with Crippen LogP contribution in [0.1, 0.15) is 0 Å². The summed E-state index contributed by atoms with van der Waals surface area (Å²) in [6.45, 7) is 6.76. The van der Waals surface area contributed by atoms with Gasteiger partial charge in [0.15, 0.2) is 8.24 Å². The van der Waals surface area contributed by atoms with Crippen LogP contribution in [-0.2, 0) is 0 Å². The van der Waals surface area contributed by atoms with E-state index >= 15 is 0 Å². The monoisotopic (exact) mass is 269 g/mol. The smallest absolute Gasteiger partial charge is 0.179 e. The predicted octanol–water partition coefficient (Wildman–Crippen LogP) is 5.03. The summed E-state index contributed by atoms with van der Waals surface area (Å²) in [5.74, 6) is 0. The van der Waals surface area contributed by atoms with Crippen LogP contribution in [0.2, 0.25) is 19.6 Å². The van der Waals surface area contributed by atoms with Crippen molar-refractivity contribution in [1.82, 2.24) is 0 Å².